The largest absolute Gasteiger partial charge is 0.611 e. The van der Waals surface area contributed by atoms with Crippen LogP contribution in [0.15, 0.2) is 34.6 Å². The minimum atomic E-state index is -1.11. The van der Waals surface area contributed by atoms with E-state index >= 15 is 0 Å². The Hall–Kier alpha value is -0.890. The van der Waals surface area contributed by atoms with Gasteiger partial charge in [-0.25, -0.2) is 0 Å². The molecule has 1 aromatic carbocycles. The van der Waals surface area contributed by atoms with Gasteiger partial charge in [-0.05, 0) is 23.0 Å². The molecule has 1 atom stereocenters. The molecular formula is C11H11NOS2. The molecule has 0 heterocycles. The van der Waals surface area contributed by atoms with Crippen molar-refractivity contribution < 1.29 is 4.55 Å². The van der Waals surface area contributed by atoms with Gasteiger partial charge in [0, 0.05) is 0 Å². The zero-order valence-corrected chi connectivity index (χ0v) is 10.2. The fourth-order valence-electron chi connectivity index (χ4n) is 1.20. The maximum atomic E-state index is 11.4. The van der Waals surface area contributed by atoms with E-state index in [-0.39, 0.29) is 0 Å². The van der Waals surface area contributed by atoms with Crippen LogP contribution in [0, 0.1) is 11.3 Å². The number of thioether (sulfide) groups is 1. The third-order valence-corrected chi connectivity index (χ3v) is 4.33. The summed E-state index contributed by atoms with van der Waals surface area (Å²) in [6.07, 6.45) is 3.42. The van der Waals surface area contributed by atoms with Gasteiger partial charge in [-0.1, -0.05) is 42.1 Å². The molecule has 0 fully saturated rings. The molecule has 78 valence electrons. The molecule has 0 aliphatic heterocycles. The van der Waals surface area contributed by atoms with E-state index in [9.17, 15) is 4.55 Å². The van der Waals surface area contributed by atoms with Crippen LogP contribution in [0.2, 0.25) is 0 Å². The van der Waals surface area contributed by atoms with Gasteiger partial charge in [0.2, 0.25) is 4.24 Å². The van der Waals surface area contributed by atoms with Gasteiger partial charge in [0.25, 0.3) is 0 Å². The van der Waals surface area contributed by atoms with Crippen molar-refractivity contribution in [1.29, 1.82) is 5.26 Å². The summed E-state index contributed by atoms with van der Waals surface area (Å²) < 4.78 is 12.1. The SMILES string of the molecule is CS/C(=C(/C#N)c1ccccc1)[S+](C)[O-]. The van der Waals surface area contributed by atoms with Gasteiger partial charge in [0.1, 0.15) is 17.9 Å². The summed E-state index contributed by atoms with van der Waals surface area (Å²) in [6, 6.07) is 11.4. The molecule has 0 saturated carbocycles. The van der Waals surface area contributed by atoms with Crippen LogP contribution in [-0.4, -0.2) is 17.1 Å². The second-order valence-electron chi connectivity index (χ2n) is 2.80. The third-order valence-electron chi connectivity index (χ3n) is 1.82. The maximum absolute atomic E-state index is 11.4. The minimum absolute atomic E-state index is 0.504. The molecule has 0 N–H and O–H groups in total. The molecule has 0 radical (unpaired) electrons. The molecule has 0 spiro atoms. The van der Waals surface area contributed by atoms with Crippen LogP contribution in [0.4, 0.5) is 0 Å². The second-order valence-corrected chi connectivity index (χ2v) is 5.19. The fourth-order valence-corrected chi connectivity index (χ4v) is 2.95. The van der Waals surface area contributed by atoms with E-state index in [4.69, 9.17) is 5.26 Å². The monoisotopic (exact) mass is 237 g/mol. The summed E-state index contributed by atoms with van der Waals surface area (Å²) in [7, 11) is 0. The van der Waals surface area contributed by atoms with Crippen molar-refractivity contribution in [1.82, 2.24) is 0 Å². The number of hydrogen-bond donors (Lipinski definition) is 0. The van der Waals surface area contributed by atoms with Gasteiger partial charge in [-0.15, -0.1) is 0 Å². The highest BCUT2D eigenvalue weighted by molar-refractivity contribution is 8.18. The van der Waals surface area contributed by atoms with Crippen LogP contribution >= 0.6 is 11.8 Å². The summed E-state index contributed by atoms with van der Waals surface area (Å²) in [5.41, 5.74) is 1.32. The molecule has 0 aliphatic rings. The molecule has 0 aromatic heterocycles. The zero-order chi connectivity index (χ0) is 11.3. The Morgan fingerprint density at radius 2 is 2.00 bits per heavy atom. The molecule has 0 saturated heterocycles. The molecule has 2 nitrogen and oxygen atoms in total. The van der Waals surface area contributed by atoms with E-state index in [1.807, 2.05) is 36.6 Å². The average molecular weight is 237 g/mol. The van der Waals surface area contributed by atoms with Crippen LogP contribution < -0.4 is 0 Å². The highest BCUT2D eigenvalue weighted by Gasteiger charge is 2.16. The van der Waals surface area contributed by atoms with Crippen LogP contribution in [0.5, 0.6) is 0 Å². The number of rotatable bonds is 3. The minimum Gasteiger partial charge on any atom is -0.611 e. The summed E-state index contributed by atoms with van der Waals surface area (Å²) in [6.45, 7) is 0. The van der Waals surface area contributed by atoms with Gasteiger partial charge in [-0.3, -0.25) is 0 Å². The van der Waals surface area contributed by atoms with Crippen molar-refractivity contribution in [2.75, 3.05) is 12.5 Å². The third kappa shape index (κ3) is 3.03. The van der Waals surface area contributed by atoms with Crippen molar-refractivity contribution in [3.63, 3.8) is 0 Å². The van der Waals surface area contributed by atoms with Crippen LogP contribution in [-0.2, 0) is 11.2 Å². The van der Waals surface area contributed by atoms with Crippen molar-refractivity contribution in [2.45, 2.75) is 0 Å². The lowest BCUT2D eigenvalue weighted by atomic mass is 10.1. The smallest absolute Gasteiger partial charge is 0.204 e. The first-order chi connectivity index (χ1) is 7.20. The summed E-state index contributed by atoms with van der Waals surface area (Å²) in [5, 5.41) is 9.07. The fraction of sp³-hybridized carbons (Fsp3) is 0.182. The van der Waals surface area contributed by atoms with Crippen molar-refractivity contribution in [3.8, 4) is 6.07 Å². The molecule has 0 amide bonds. The number of allylic oxidation sites excluding steroid dienone is 1. The maximum Gasteiger partial charge on any atom is 0.204 e. The normalized spacial score (nSPS) is 14.0. The van der Waals surface area contributed by atoms with Crippen molar-refractivity contribution >= 4 is 28.5 Å². The lowest BCUT2D eigenvalue weighted by molar-refractivity contribution is 0.608. The highest BCUT2D eigenvalue weighted by Crippen LogP contribution is 2.28. The number of nitrogens with zero attached hydrogens (tertiary/aromatic N) is 1. The van der Waals surface area contributed by atoms with E-state index in [1.165, 1.54) is 11.8 Å². The van der Waals surface area contributed by atoms with Gasteiger partial charge in [0.15, 0.2) is 0 Å². The van der Waals surface area contributed by atoms with Crippen LogP contribution in [0.3, 0.4) is 0 Å². The molecule has 1 aromatic rings. The molecule has 15 heavy (non-hydrogen) atoms. The Kier molecular flexibility index (Phi) is 4.76. The van der Waals surface area contributed by atoms with E-state index < -0.39 is 11.2 Å². The molecule has 0 aliphatic carbocycles. The highest BCUT2D eigenvalue weighted by atomic mass is 32.3. The Labute approximate surface area is 97.2 Å². The molecule has 4 heteroatoms. The van der Waals surface area contributed by atoms with Crippen LogP contribution in [0.25, 0.3) is 5.57 Å². The molecule has 0 bridgehead atoms. The zero-order valence-electron chi connectivity index (χ0n) is 8.56. The first-order valence-corrected chi connectivity index (χ1v) is 7.06. The standard InChI is InChI=1S/C11H11NOS2/c1-14-11(15(2)13)10(8-12)9-6-4-3-5-7-9/h3-7H,1-2H3/b11-10+. The quantitative estimate of drug-likeness (QED) is 0.599. The van der Waals surface area contributed by atoms with Crippen molar-refractivity contribution in [2.24, 2.45) is 0 Å². The van der Waals surface area contributed by atoms with E-state index in [0.717, 1.165) is 5.56 Å². The first kappa shape index (κ1) is 12.2. The number of hydrogen-bond acceptors (Lipinski definition) is 3. The first-order valence-electron chi connectivity index (χ1n) is 4.28. The lowest BCUT2D eigenvalue weighted by Gasteiger charge is -2.08. The lowest BCUT2D eigenvalue weighted by Crippen LogP contribution is -2.00. The summed E-state index contributed by atoms with van der Waals surface area (Å²) in [4.78, 5) is 0. The summed E-state index contributed by atoms with van der Waals surface area (Å²) in [5.74, 6) is 0. The summed E-state index contributed by atoms with van der Waals surface area (Å²) >= 11 is 0.249. The molecule has 1 rings (SSSR count). The predicted octanol–water partition coefficient (Wildman–Crippen LogP) is 2.62. The van der Waals surface area contributed by atoms with E-state index in [2.05, 4.69) is 6.07 Å². The van der Waals surface area contributed by atoms with Crippen LogP contribution in [0.1, 0.15) is 5.56 Å². The molecular weight excluding hydrogens is 226 g/mol. The second kappa shape index (κ2) is 5.86. The number of nitriles is 1. The Morgan fingerprint density at radius 3 is 2.40 bits per heavy atom. The van der Waals surface area contributed by atoms with Gasteiger partial charge >= 0.3 is 0 Å². The number of benzene rings is 1. The topological polar surface area (TPSA) is 46.8 Å². The predicted molar refractivity (Wildman–Crippen MR) is 66.6 cm³/mol. The van der Waals surface area contributed by atoms with Gasteiger partial charge < -0.3 is 4.55 Å². The Bertz CT molecular complexity index is 393. The van der Waals surface area contributed by atoms with Gasteiger partial charge in [0.05, 0.1) is 0 Å². The van der Waals surface area contributed by atoms with E-state index in [0.29, 0.717) is 9.81 Å². The Balaban J connectivity index is 3.25. The molecule has 1 unspecified atom stereocenters. The average Bonchev–Trinajstić information content (AvgIpc) is 2.26. The van der Waals surface area contributed by atoms with E-state index in [1.54, 1.807) is 6.26 Å². The Morgan fingerprint density at radius 1 is 1.40 bits per heavy atom. The van der Waals surface area contributed by atoms with Crippen molar-refractivity contribution in [3.05, 3.63) is 40.1 Å². The van der Waals surface area contributed by atoms with Gasteiger partial charge in [-0.2, -0.15) is 5.26 Å².